The van der Waals surface area contributed by atoms with Crippen molar-refractivity contribution < 1.29 is 9.59 Å². The summed E-state index contributed by atoms with van der Waals surface area (Å²) >= 11 is 9.49. The third-order valence-corrected chi connectivity index (χ3v) is 7.22. The lowest BCUT2D eigenvalue weighted by Gasteiger charge is -2.28. The molecule has 2 aromatic rings. The number of nitrogens with one attached hydrogen (secondary N) is 1. The van der Waals surface area contributed by atoms with Gasteiger partial charge in [0.25, 0.3) is 5.91 Å². The van der Waals surface area contributed by atoms with Crippen LogP contribution in [0.25, 0.3) is 0 Å². The van der Waals surface area contributed by atoms with E-state index in [1.165, 1.54) is 0 Å². The molecule has 1 aromatic heterocycles. The van der Waals surface area contributed by atoms with Gasteiger partial charge >= 0.3 is 0 Å². The fourth-order valence-corrected chi connectivity index (χ4v) is 5.70. The van der Waals surface area contributed by atoms with E-state index in [0.29, 0.717) is 22.9 Å². The molecule has 0 bridgehead atoms. The van der Waals surface area contributed by atoms with Crippen molar-refractivity contribution in [3.63, 3.8) is 0 Å². The van der Waals surface area contributed by atoms with E-state index in [4.69, 9.17) is 11.6 Å². The van der Waals surface area contributed by atoms with Gasteiger partial charge in [0.2, 0.25) is 5.91 Å². The minimum absolute atomic E-state index is 0.0851. The Hall–Kier alpha value is -1.50. The molecule has 2 atom stereocenters. The summed E-state index contributed by atoms with van der Waals surface area (Å²) in [5.41, 5.74) is 0.437. The van der Waals surface area contributed by atoms with Gasteiger partial charge < -0.3 is 10.2 Å². The normalized spacial score (nSPS) is 19.3. The van der Waals surface area contributed by atoms with E-state index in [2.05, 4.69) is 12.2 Å². The highest BCUT2D eigenvalue weighted by atomic mass is 35.5. The highest BCUT2D eigenvalue weighted by Gasteiger charge is 2.43. The number of thioether (sulfide) groups is 1. The number of nitrogens with zero attached hydrogens (tertiary/aromatic N) is 1. The number of halogens is 1. The lowest BCUT2D eigenvalue weighted by Crippen LogP contribution is -2.48. The Morgan fingerprint density at radius 1 is 1.22 bits per heavy atom. The average Bonchev–Trinajstić information content (AvgIpc) is 3.34. The van der Waals surface area contributed by atoms with Gasteiger partial charge in [-0.05, 0) is 30.0 Å². The number of hydrogen-bond donors (Lipinski definition) is 1. The van der Waals surface area contributed by atoms with E-state index in [9.17, 15) is 9.59 Å². The Morgan fingerprint density at radius 3 is 2.74 bits per heavy atom. The summed E-state index contributed by atoms with van der Waals surface area (Å²) in [5, 5.41) is 5.23. The van der Waals surface area contributed by atoms with Crippen LogP contribution < -0.4 is 5.32 Å². The second kappa shape index (κ2) is 9.62. The first kappa shape index (κ1) is 20.2. The Balaban J connectivity index is 1.83. The van der Waals surface area contributed by atoms with Gasteiger partial charge in [0.15, 0.2) is 0 Å². The van der Waals surface area contributed by atoms with E-state index in [1.54, 1.807) is 52.3 Å². The van der Waals surface area contributed by atoms with Gasteiger partial charge in [-0.1, -0.05) is 49.6 Å². The Kier molecular flexibility index (Phi) is 7.21. The van der Waals surface area contributed by atoms with Crippen LogP contribution in [0.15, 0.2) is 41.8 Å². The molecule has 0 unspecified atom stereocenters. The molecule has 27 heavy (non-hydrogen) atoms. The molecule has 3 rings (SSSR count). The molecule has 1 aliphatic rings. The summed E-state index contributed by atoms with van der Waals surface area (Å²) < 4.78 is 0. The van der Waals surface area contributed by atoms with Crippen molar-refractivity contribution in [1.29, 1.82) is 0 Å². The Labute approximate surface area is 173 Å². The van der Waals surface area contributed by atoms with Gasteiger partial charge in [-0.25, -0.2) is 0 Å². The topological polar surface area (TPSA) is 49.4 Å². The van der Waals surface area contributed by atoms with Crippen molar-refractivity contribution in [3.8, 4) is 0 Å². The SMILES string of the molecule is CCCCCNC(=O)[C@@H]1CS[C@H](c2cccs2)N1C(=O)c1ccccc1Cl. The standard InChI is InChI=1S/C20H23ClN2O2S2/c1-2-3-6-11-22-18(24)16-13-27-20(17-10-7-12-26-17)23(16)19(25)14-8-4-5-9-15(14)21/h4-5,7-10,12,16,20H,2-3,6,11,13H2,1H3,(H,22,24)/t16-,20+/m0/s1. The van der Waals surface area contributed by atoms with E-state index in [1.807, 2.05) is 17.5 Å². The van der Waals surface area contributed by atoms with Gasteiger partial charge in [0.1, 0.15) is 11.4 Å². The maximum absolute atomic E-state index is 13.3. The molecular weight excluding hydrogens is 400 g/mol. The molecule has 4 nitrogen and oxygen atoms in total. The van der Waals surface area contributed by atoms with Gasteiger partial charge in [-0.15, -0.1) is 23.1 Å². The minimum Gasteiger partial charge on any atom is -0.354 e. The minimum atomic E-state index is -0.493. The number of amides is 2. The maximum atomic E-state index is 13.3. The zero-order valence-corrected chi connectivity index (χ0v) is 17.6. The van der Waals surface area contributed by atoms with Crippen LogP contribution in [0.5, 0.6) is 0 Å². The van der Waals surface area contributed by atoms with Crippen LogP contribution in [0.1, 0.15) is 46.8 Å². The number of carbonyl (C=O) groups is 2. The molecule has 7 heteroatoms. The smallest absolute Gasteiger partial charge is 0.257 e. The molecule has 2 heterocycles. The van der Waals surface area contributed by atoms with Crippen LogP contribution in [-0.4, -0.2) is 35.1 Å². The molecule has 0 aliphatic carbocycles. The number of carbonyl (C=O) groups excluding carboxylic acids is 2. The zero-order chi connectivity index (χ0) is 19.2. The second-order valence-electron chi connectivity index (χ2n) is 6.41. The maximum Gasteiger partial charge on any atom is 0.257 e. The average molecular weight is 423 g/mol. The van der Waals surface area contributed by atoms with Crippen LogP contribution in [0.3, 0.4) is 0 Å². The Bertz CT molecular complexity index is 782. The number of hydrogen-bond acceptors (Lipinski definition) is 4. The third kappa shape index (κ3) is 4.68. The van der Waals surface area contributed by atoms with Crippen LogP contribution >= 0.6 is 34.7 Å². The molecule has 1 N–H and O–H groups in total. The molecule has 1 aliphatic heterocycles. The lowest BCUT2D eigenvalue weighted by atomic mass is 10.1. The van der Waals surface area contributed by atoms with Crippen LogP contribution in [0.2, 0.25) is 5.02 Å². The fraction of sp³-hybridized carbons (Fsp3) is 0.400. The summed E-state index contributed by atoms with van der Waals surface area (Å²) in [6.45, 7) is 2.77. The summed E-state index contributed by atoms with van der Waals surface area (Å²) in [6, 6.07) is 10.5. The number of rotatable bonds is 7. The molecule has 1 fully saturated rings. The van der Waals surface area contributed by atoms with E-state index < -0.39 is 6.04 Å². The number of unbranched alkanes of at least 4 members (excludes halogenated alkanes) is 2. The molecule has 2 amide bonds. The third-order valence-electron chi connectivity index (χ3n) is 4.51. The van der Waals surface area contributed by atoms with E-state index >= 15 is 0 Å². The molecule has 0 saturated carbocycles. The van der Waals surface area contributed by atoms with Crippen molar-refractivity contribution in [2.24, 2.45) is 0 Å². The van der Waals surface area contributed by atoms with E-state index in [-0.39, 0.29) is 17.2 Å². The predicted octanol–water partition coefficient (Wildman–Crippen LogP) is 4.96. The highest BCUT2D eigenvalue weighted by molar-refractivity contribution is 7.99. The van der Waals surface area contributed by atoms with Gasteiger partial charge in [0, 0.05) is 17.2 Å². The Morgan fingerprint density at radius 2 is 2.04 bits per heavy atom. The molecule has 0 radical (unpaired) electrons. The largest absolute Gasteiger partial charge is 0.354 e. The monoisotopic (exact) mass is 422 g/mol. The first-order valence-electron chi connectivity index (χ1n) is 9.13. The zero-order valence-electron chi connectivity index (χ0n) is 15.2. The summed E-state index contributed by atoms with van der Waals surface area (Å²) in [7, 11) is 0. The summed E-state index contributed by atoms with van der Waals surface area (Å²) in [5.74, 6) is 0.300. The second-order valence-corrected chi connectivity index (χ2v) is 8.91. The molecule has 144 valence electrons. The van der Waals surface area contributed by atoms with Crippen LogP contribution in [0.4, 0.5) is 0 Å². The molecule has 1 aromatic carbocycles. The van der Waals surface area contributed by atoms with E-state index in [0.717, 1.165) is 24.1 Å². The van der Waals surface area contributed by atoms with Gasteiger partial charge in [-0.3, -0.25) is 9.59 Å². The van der Waals surface area contributed by atoms with Crippen molar-refractivity contribution in [3.05, 3.63) is 57.2 Å². The van der Waals surface area contributed by atoms with Gasteiger partial charge in [-0.2, -0.15) is 0 Å². The van der Waals surface area contributed by atoms with Crippen molar-refractivity contribution >= 4 is 46.5 Å². The number of benzene rings is 1. The predicted molar refractivity (Wildman–Crippen MR) is 113 cm³/mol. The summed E-state index contributed by atoms with van der Waals surface area (Å²) in [6.07, 6.45) is 3.14. The highest BCUT2D eigenvalue weighted by Crippen LogP contribution is 2.44. The van der Waals surface area contributed by atoms with Crippen molar-refractivity contribution in [2.45, 2.75) is 37.6 Å². The summed E-state index contributed by atoms with van der Waals surface area (Å²) in [4.78, 5) is 28.9. The van der Waals surface area contributed by atoms with Crippen LogP contribution in [0, 0.1) is 0 Å². The van der Waals surface area contributed by atoms with Crippen molar-refractivity contribution in [1.82, 2.24) is 10.2 Å². The quantitative estimate of drug-likeness (QED) is 0.641. The lowest BCUT2D eigenvalue weighted by molar-refractivity contribution is -0.124. The first-order valence-corrected chi connectivity index (χ1v) is 11.4. The first-order chi connectivity index (χ1) is 13.1. The molecule has 1 saturated heterocycles. The molecule has 0 spiro atoms. The van der Waals surface area contributed by atoms with Crippen molar-refractivity contribution in [2.75, 3.05) is 12.3 Å². The van der Waals surface area contributed by atoms with Crippen LogP contribution in [-0.2, 0) is 4.79 Å². The fourth-order valence-electron chi connectivity index (χ4n) is 3.09. The number of thiophene rings is 1. The molecular formula is C20H23ClN2O2S2. The van der Waals surface area contributed by atoms with Gasteiger partial charge in [0.05, 0.1) is 10.6 Å².